The minimum atomic E-state index is -0.265. The molecular formula is C25H25N3O3. The molecule has 1 aliphatic carbocycles. The lowest BCUT2D eigenvalue weighted by atomic mass is 10.1. The first-order chi connectivity index (χ1) is 15.2. The van der Waals surface area contributed by atoms with Crippen molar-refractivity contribution in [1.82, 2.24) is 10.3 Å². The maximum atomic E-state index is 12.8. The third kappa shape index (κ3) is 5.48. The van der Waals surface area contributed by atoms with Gasteiger partial charge in [-0.05, 0) is 61.6 Å². The molecule has 0 unspecified atom stereocenters. The number of hydrogen-bond donors (Lipinski definition) is 2. The Kier molecular flexibility index (Phi) is 6.57. The summed E-state index contributed by atoms with van der Waals surface area (Å²) >= 11 is 0. The standard InChI is InChI=1S/C25H25N3O3/c29-24(19-8-2-1-3-9-19)28-22-13-7-6-12-21(22)25(30)27-17-18-14-15-26-23(16-18)31-20-10-4-5-11-20/h1-3,6-9,12-16,20H,4-5,10-11,17H2,(H,27,30)(H,28,29). The predicted octanol–water partition coefficient (Wildman–Crippen LogP) is 4.59. The number of amides is 2. The molecular weight excluding hydrogens is 390 g/mol. The van der Waals surface area contributed by atoms with Crippen molar-refractivity contribution in [2.24, 2.45) is 0 Å². The first kappa shape index (κ1) is 20.6. The van der Waals surface area contributed by atoms with Gasteiger partial charge in [0.25, 0.3) is 11.8 Å². The van der Waals surface area contributed by atoms with Crippen molar-refractivity contribution < 1.29 is 14.3 Å². The van der Waals surface area contributed by atoms with Gasteiger partial charge in [-0.2, -0.15) is 0 Å². The van der Waals surface area contributed by atoms with Crippen molar-refractivity contribution in [3.63, 3.8) is 0 Å². The third-order valence-corrected chi connectivity index (χ3v) is 5.30. The Bertz CT molecular complexity index is 1050. The van der Waals surface area contributed by atoms with Crippen LogP contribution in [0.5, 0.6) is 5.88 Å². The van der Waals surface area contributed by atoms with Gasteiger partial charge in [-0.15, -0.1) is 0 Å². The fraction of sp³-hybridized carbons (Fsp3) is 0.240. The molecule has 6 nitrogen and oxygen atoms in total. The molecule has 0 spiro atoms. The van der Waals surface area contributed by atoms with Crippen LogP contribution in [-0.4, -0.2) is 22.9 Å². The van der Waals surface area contributed by atoms with Crippen LogP contribution in [0.25, 0.3) is 0 Å². The maximum absolute atomic E-state index is 12.8. The molecule has 2 N–H and O–H groups in total. The molecule has 31 heavy (non-hydrogen) atoms. The average molecular weight is 415 g/mol. The largest absolute Gasteiger partial charge is 0.474 e. The zero-order valence-electron chi connectivity index (χ0n) is 17.2. The number of rotatable bonds is 7. The highest BCUT2D eigenvalue weighted by atomic mass is 16.5. The highest BCUT2D eigenvalue weighted by Crippen LogP contribution is 2.23. The Morgan fingerprint density at radius 3 is 2.48 bits per heavy atom. The van der Waals surface area contributed by atoms with E-state index in [-0.39, 0.29) is 17.9 Å². The Labute approximate surface area is 181 Å². The van der Waals surface area contributed by atoms with Crippen LogP contribution in [0.1, 0.15) is 52.0 Å². The van der Waals surface area contributed by atoms with Crippen LogP contribution in [0.3, 0.4) is 0 Å². The molecule has 1 saturated carbocycles. The molecule has 0 bridgehead atoms. The molecule has 1 aliphatic rings. The van der Waals surface area contributed by atoms with Gasteiger partial charge in [-0.3, -0.25) is 9.59 Å². The molecule has 4 rings (SSSR count). The van der Waals surface area contributed by atoms with Gasteiger partial charge in [-0.1, -0.05) is 30.3 Å². The van der Waals surface area contributed by atoms with Crippen LogP contribution in [0.4, 0.5) is 5.69 Å². The molecule has 158 valence electrons. The quantitative estimate of drug-likeness (QED) is 0.592. The Balaban J connectivity index is 1.39. The normalized spacial score (nSPS) is 13.5. The molecule has 2 amide bonds. The van der Waals surface area contributed by atoms with Crippen molar-refractivity contribution in [3.05, 3.63) is 89.6 Å². The van der Waals surface area contributed by atoms with Crippen molar-refractivity contribution in [1.29, 1.82) is 0 Å². The number of para-hydroxylation sites is 1. The molecule has 1 heterocycles. The lowest BCUT2D eigenvalue weighted by Crippen LogP contribution is -2.25. The highest BCUT2D eigenvalue weighted by Gasteiger charge is 2.17. The van der Waals surface area contributed by atoms with E-state index < -0.39 is 0 Å². The fourth-order valence-electron chi connectivity index (χ4n) is 3.65. The van der Waals surface area contributed by atoms with Gasteiger partial charge in [-0.25, -0.2) is 4.98 Å². The summed E-state index contributed by atoms with van der Waals surface area (Å²) in [6.45, 7) is 0.337. The molecule has 2 aromatic carbocycles. The number of pyridine rings is 1. The smallest absolute Gasteiger partial charge is 0.255 e. The number of aromatic nitrogens is 1. The summed E-state index contributed by atoms with van der Waals surface area (Å²) in [5.74, 6) is 0.0666. The summed E-state index contributed by atoms with van der Waals surface area (Å²) < 4.78 is 5.94. The molecule has 6 heteroatoms. The van der Waals surface area contributed by atoms with Gasteiger partial charge in [0.2, 0.25) is 5.88 Å². The average Bonchev–Trinajstić information content (AvgIpc) is 3.32. The topological polar surface area (TPSA) is 80.3 Å². The van der Waals surface area contributed by atoms with Crippen LogP contribution in [0, 0.1) is 0 Å². The maximum Gasteiger partial charge on any atom is 0.255 e. The van der Waals surface area contributed by atoms with E-state index >= 15 is 0 Å². The van der Waals surface area contributed by atoms with Crippen LogP contribution in [0.15, 0.2) is 72.9 Å². The van der Waals surface area contributed by atoms with Crippen molar-refractivity contribution in [3.8, 4) is 5.88 Å². The summed E-state index contributed by atoms with van der Waals surface area (Å²) in [5.41, 5.74) is 2.31. The van der Waals surface area contributed by atoms with E-state index in [9.17, 15) is 9.59 Å². The van der Waals surface area contributed by atoms with Gasteiger partial charge >= 0.3 is 0 Å². The second-order valence-electron chi connectivity index (χ2n) is 7.58. The zero-order valence-corrected chi connectivity index (χ0v) is 17.2. The summed E-state index contributed by atoms with van der Waals surface area (Å²) in [6, 6.07) is 19.6. The van der Waals surface area contributed by atoms with Gasteiger partial charge in [0.05, 0.1) is 11.3 Å². The minimum Gasteiger partial charge on any atom is -0.474 e. The van der Waals surface area contributed by atoms with Crippen molar-refractivity contribution >= 4 is 17.5 Å². The van der Waals surface area contributed by atoms with Gasteiger partial charge in [0, 0.05) is 24.4 Å². The first-order valence-corrected chi connectivity index (χ1v) is 10.5. The number of ether oxygens (including phenoxy) is 1. The van der Waals surface area contributed by atoms with Crippen LogP contribution >= 0.6 is 0 Å². The van der Waals surface area contributed by atoms with Crippen LogP contribution < -0.4 is 15.4 Å². The number of nitrogens with zero attached hydrogens (tertiary/aromatic N) is 1. The Morgan fingerprint density at radius 2 is 1.68 bits per heavy atom. The number of carbonyl (C=O) groups excluding carboxylic acids is 2. The van der Waals surface area contributed by atoms with E-state index in [2.05, 4.69) is 15.6 Å². The minimum absolute atomic E-state index is 0.234. The predicted molar refractivity (Wildman–Crippen MR) is 119 cm³/mol. The fourth-order valence-corrected chi connectivity index (χ4v) is 3.65. The number of hydrogen-bond acceptors (Lipinski definition) is 4. The van der Waals surface area contributed by atoms with Gasteiger partial charge in [0.1, 0.15) is 6.10 Å². The summed E-state index contributed by atoms with van der Waals surface area (Å²) in [6.07, 6.45) is 6.45. The van der Waals surface area contributed by atoms with E-state index in [1.54, 1.807) is 54.7 Å². The number of anilines is 1. The monoisotopic (exact) mass is 415 g/mol. The van der Waals surface area contributed by atoms with E-state index in [0.717, 1.165) is 18.4 Å². The molecule has 0 saturated heterocycles. The molecule has 0 radical (unpaired) electrons. The number of carbonyl (C=O) groups is 2. The lowest BCUT2D eigenvalue weighted by molar-refractivity contribution is 0.0951. The summed E-state index contributed by atoms with van der Waals surface area (Å²) in [7, 11) is 0. The van der Waals surface area contributed by atoms with E-state index in [4.69, 9.17) is 4.74 Å². The number of nitrogens with one attached hydrogen (secondary N) is 2. The number of benzene rings is 2. The highest BCUT2D eigenvalue weighted by molar-refractivity contribution is 6.08. The molecule has 0 aliphatic heterocycles. The summed E-state index contributed by atoms with van der Waals surface area (Å²) in [5, 5.41) is 5.74. The Morgan fingerprint density at radius 1 is 0.935 bits per heavy atom. The van der Waals surface area contributed by atoms with Gasteiger partial charge in [0.15, 0.2) is 0 Å². The van der Waals surface area contributed by atoms with Gasteiger partial charge < -0.3 is 15.4 Å². The second kappa shape index (κ2) is 9.89. The summed E-state index contributed by atoms with van der Waals surface area (Å²) in [4.78, 5) is 29.6. The first-order valence-electron chi connectivity index (χ1n) is 10.5. The third-order valence-electron chi connectivity index (χ3n) is 5.30. The molecule has 0 atom stereocenters. The van der Waals surface area contributed by atoms with Crippen molar-refractivity contribution in [2.45, 2.75) is 38.3 Å². The lowest BCUT2D eigenvalue weighted by Gasteiger charge is -2.14. The Hall–Kier alpha value is -3.67. The van der Waals surface area contributed by atoms with Crippen LogP contribution in [-0.2, 0) is 6.54 Å². The van der Waals surface area contributed by atoms with E-state index in [0.29, 0.717) is 29.2 Å². The van der Waals surface area contributed by atoms with Crippen LogP contribution in [0.2, 0.25) is 0 Å². The zero-order chi connectivity index (χ0) is 21.5. The molecule has 1 fully saturated rings. The molecule has 3 aromatic rings. The second-order valence-corrected chi connectivity index (χ2v) is 7.58. The van der Waals surface area contributed by atoms with E-state index in [1.807, 2.05) is 18.2 Å². The van der Waals surface area contributed by atoms with Crippen molar-refractivity contribution in [2.75, 3.05) is 5.32 Å². The van der Waals surface area contributed by atoms with E-state index in [1.165, 1.54) is 12.8 Å². The molecule has 1 aromatic heterocycles. The SMILES string of the molecule is O=C(Nc1ccccc1C(=O)NCc1ccnc(OC2CCCC2)c1)c1ccccc1.